The normalized spacial score (nSPS) is 10.8. The van der Waals surface area contributed by atoms with Gasteiger partial charge in [-0.1, -0.05) is 0 Å². The topological polar surface area (TPSA) is 87.0 Å². The maximum absolute atomic E-state index is 12.0. The number of hydrazone groups is 1. The van der Waals surface area contributed by atoms with Gasteiger partial charge >= 0.3 is 0 Å². The number of nitrogens with one attached hydrogen (secondary N) is 1. The highest BCUT2D eigenvalue weighted by molar-refractivity contribution is 5.89. The van der Waals surface area contributed by atoms with Crippen LogP contribution in [0.1, 0.15) is 17.0 Å². The van der Waals surface area contributed by atoms with Crippen molar-refractivity contribution < 1.29 is 19.0 Å². The molecule has 2 rings (SSSR count). The summed E-state index contributed by atoms with van der Waals surface area (Å²) < 4.78 is 17.5. The third kappa shape index (κ3) is 4.50. The van der Waals surface area contributed by atoms with Gasteiger partial charge in [0.15, 0.2) is 0 Å². The van der Waals surface area contributed by atoms with Crippen LogP contribution in [0.3, 0.4) is 0 Å². The molecule has 0 saturated carbocycles. The highest BCUT2D eigenvalue weighted by Crippen LogP contribution is 2.32. The Balaban J connectivity index is 2.11. The number of carbonyl (C=O) groups excluding carboxylic acids is 1. The van der Waals surface area contributed by atoms with Gasteiger partial charge in [0.25, 0.3) is 5.91 Å². The summed E-state index contributed by atoms with van der Waals surface area (Å²) in [5.41, 5.74) is 4.84. The molecule has 134 valence electrons. The molecule has 8 nitrogen and oxygen atoms in total. The first-order chi connectivity index (χ1) is 12.0. The zero-order valence-corrected chi connectivity index (χ0v) is 15.0. The number of hydrogen-bond acceptors (Lipinski definition) is 6. The molecule has 0 radical (unpaired) electrons. The highest BCUT2D eigenvalue weighted by atomic mass is 16.5. The van der Waals surface area contributed by atoms with Crippen molar-refractivity contribution in [2.45, 2.75) is 20.4 Å². The summed E-state index contributed by atoms with van der Waals surface area (Å²) in [5.74, 6) is 1.36. The number of aryl methyl sites for hydroxylation is 2. The molecule has 8 heteroatoms. The van der Waals surface area contributed by atoms with Crippen LogP contribution in [-0.2, 0) is 11.3 Å². The number of benzene rings is 1. The average Bonchev–Trinajstić information content (AvgIpc) is 2.91. The third-order valence-electron chi connectivity index (χ3n) is 3.53. The van der Waals surface area contributed by atoms with Crippen LogP contribution in [-0.4, -0.2) is 43.2 Å². The van der Waals surface area contributed by atoms with E-state index in [1.54, 1.807) is 23.9 Å². The standard InChI is InChI=1S/C17H22N4O4/c1-11-6-12(2)21(20-11)10-17(22)19-18-9-14-15(24-4)7-13(23-3)8-16(14)25-5/h6-9H,10H2,1-5H3,(H,19,22)/b18-9+. The Labute approximate surface area is 146 Å². The smallest absolute Gasteiger partial charge is 0.261 e. The Bertz CT molecular complexity index is 758. The molecule has 0 aliphatic carbocycles. The highest BCUT2D eigenvalue weighted by Gasteiger charge is 2.12. The first kappa shape index (κ1) is 18.3. The fourth-order valence-corrected chi connectivity index (χ4v) is 2.34. The van der Waals surface area contributed by atoms with E-state index in [-0.39, 0.29) is 12.5 Å². The SMILES string of the molecule is COc1cc(OC)c(/C=N/NC(=O)Cn2nc(C)cc2C)c(OC)c1. The zero-order chi connectivity index (χ0) is 18.4. The van der Waals surface area contributed by atoms with Crippen molar-refractivity contribution in [1.29, 1.82) is 0 Å². The lowest BCUT2D eigenvalue weighted by Gasteiger charge is -2.12. The lowest BCUT2D eigenvalue weighted by molar-refractivity contribution is -0.121. The first-order valence-electron chi connectivity index (χ1n) is 7.61. The summed E-state index contributed by atoms with van der Waals surface area (Å²) in [5, 5.41) is 8.22. The summed E-state index contributed by atoms with van der Waals surface area (Å²) in [6, 6.07) is 5.33. The molecule has 0 fully saturated rings. The minimum absolute atomic E-state index is 0.0912. The Morgan fingerprint density at radius 1 is 1.16 bits per heavy atom. The van der Waals surface area contributed by atoms with Gasteiger partial charge in [-0.15, -0.1) is 0 Å². The second-order valence-corrected chi connectivity index (χ2v) is 5.32. The van der Waals surface area contributed by atoms with E-state index in [2.05, 4.69) is 15.6 Å². The van der Waals surface area contributed by atoms with Gasteiger partial charge in [-0.05, 0) is 19.9 Å². The van der Waals surface area contributed by atoms with Gasteiger partial charge in [0.1, 0.15) is 23.8 Å². The van der Waals surface area contributed by atoms with Gasteiger partial charge in [-0.2, -0.15) is 10.2 Å². The number of amides is 1. The first-order valence-corrected chi connectivity index (χ1v) is 7.61. The molecule has 1 aromatic heterocycles. The van der Waals surface area contributed by atoms with E-state index in [0.717, 1.165) is 11.4 Å². The molecule has 0 aliphatic heterocycles. The van der Waals surface area contributed by atoms with Crippen LogP contribution in [0.5, 0.6) is 17.2 Å². The molecule has 1 N–H and O–H groups in total. The number of methoxy groups -OCH3 is 3. The van der Waals surface area contributed by atoms with Crippen LogP contribution >= 0.6 is 0 Å². The van der Waals surface area contributed by atoms with Crippen molar-refractivity contribution in [3.63, 3.8) is 0 Å². The number of hydrogen-bond donors (Lipinski definition) is 1. The van der Waals surface area contributed by atoms with E-state index in [0.29, 0.717) is 22.8 Å². The summed E-state index contributed by atoms with van der Waals surface area (Å²) in [6.45, 7) is 3.86. The van der Waals surface area contributed by atoms with Gasteiger partial charge in [0.05, 0.1) is 38.8 Å². The van der Waals surface area contributed by atoms with E-state index in [1.165, 1.54) is 20.4 Å². The van der Waals surface area contributed by atoms with Gasteiger partial charge in [0.2, 0.25) is 0 Å². The van der Waals surface area contributed by atoms with E-state index in [9.17, 15) is 4.79 Å². The minimum atomic E-state index is -0.283. The van der Waals surface area contributed by atoms with Crippen molar-refractivity contribution >= 4 is 12.1 Å². The molecule has 2 aromatic rings. The number of nitrogens with zero attached hydrogens (tertiary/aromatic N) is 3. The Morgan fingerprint density at radius 2 is 1.80 bits per heavy atom. The van der Waals surface area contributed by atoms with Crippen molar-refractivity contribution in [3.8, 4) is 17.2 Å². The quantitative estimate of drug-likeness (QED) is 0.609. The number of rotatable bonds is 7. The predicted molar refractivity (Wildman–Crippen MR) is 93.5 cm³/mol. The summed E-state index contributed by atoms with van der Waals surface area (Å²) in [4.78, 5) is 12.0. The van der Waals surface area contributed by atoms with Crippen molar-refractivity contribution in [1.82, 2.24) is 15.2 Å². The Hall–Kier alpha value is -3.03. The molecule has 1 aromatic carbocycles. The molecule has 0 atom stereocenters. The molecule has 0 saturated heterocycles. The van der Waals surface area contributed by atoms with Crippen LogP contribution in [0.25, 0.3) is 0 Å². The minimum Gasteiger partial charge on any atom is -0.496 e. The largest absolute Gasteiger partial charge is 0.496 e. The summed E-state index contributed by atoms with van der Waals surface area (Å²) in [7, 11) is 4.63. The second-order valence-electron chi connectivity index (χ2n) is 5.32. The van der Waals surface area contributed by atoms with Gasteiger partial charge in [0, 0.05) is 17.8 Å². The Kier molecular flexibility index (Phi) is 5.99. The Morgan fingerprint density at radius 3 is 2.28 bits per heavy atom. The molecule has 0 spiro atoms. The van der Waals surface area contributed by atoms with Crippen LogP contribution in [0.4, 0.5) is 0 Å². The van der Waals surface area contributed by atoms with Crippen LogP contribution in [0, 0.1) is 13.8 Å². The molecule has 0 unspecified atom stereocenters. The molecular formula is C17H22N4O4. The van der Waals surface area contributed by atoms with Crippen LogP contribution < -0.4 is 19.6 Å². The lowest BCUT2D eigenvalue weighted by Crippen LogP contribution is -2.24. The van der Waals surface area contributed by atoms with Crippen LogP contribution in [0.15, 0.2) is 23.3 Å². The van der Waals surface area contributed by atoms with E-state index < -0.39 is 0 Å². The molecule has 1 amide bonds. The van der Waals surface area contributed by atoms with Gasteiger partial charge in [-0.25, -0.2) is 5.43 Å². The van der Waals surface area contributed by atoms with Gasteiger partial charge < -0.3 is 14.2 Å². The third-order valence-corrected chi connectivity index (χ3v) is 3.53. The zero-order valence-electron chi connectivity index (χ0n) is 15.0. The van der Waals surface area contributed by atoms with Crippen molar-refractivity contribution in [2.75, 3.05) is 21.3 Å². The van der Waals surface area contributed by atoms with Crippen molar-refractivity contribution in [3.05, 3.63) is 35.2 Å². The lowest BCUT2D eigenvalue weighted by atomic mass is 10.2. The molecule has 0 bridgehead atoms. The molecular weight excluding hydrogens is 324 g/mol. The number of aromatic nitrogens is 2. The number of ether oxygens (including phenoxy) is 3. The summed E-state index contributed by atoms with van der Waals surface area (Å²) >= 11 is 0. The van der Waals surface area contributed by atoms with E-state index in [1.807, 2.05) is 19.9 Å². The molecule has 1 heterocycles. The summed E-state index contributed by atoms with van der Waals surface area (Å²) in [6.07, 6.45) is 1.47. The average molecular weight is 346 g/mol. The second kappa shape index (κ2) is 8.18. The fourth-order valence-electron chi connectivity index (χ4n) is 2.34. The van der Waals surface area contributed by atoms with Crippen LogP contribution in [0.2, 0.25) is 0 Å². The predicted octanol–water partition coefficient (Wildman–Crippen LogP) is 1.68. The number of carbonyl (C=O) groups is 1. The maximum atomic E-state index is 12.0. The molecule has 0 aliphatic rings. The fraction of sp³-hybridized carbons (Fsp3) is 0.353. The van der Waals surface area contributed by atoms with E-state index >= 15 is 0 Å². The molecule has 25 heavy (non-hydrogen) atoms. The monoisotopic (exact) mass is 346 g/mol. The van der Waals surface area contributed by atoms with E-state index in [4.69, 9.17) is 14.2 Å². The van der Waals surface area contributed by atoms with Gasteiger partial charge in [-0.3, -0.25) is 9.48 Å². The van der Waals surface area contributed by atoms with Crippen molar-refractivity contribution in [2.24, 2.45) is 5.10 Å². The maximum Gasteiger partial charge on any atom is 0.261 e.